The lowest BCUT2D eigenvalue weighted by Gasteiger charge is -2.23. The fourth-order valence-corrected chi connectivity index (χ4v) is 4.16. The standard InChI is InChI=1S/C23H20N2O5S/c1-3-30-17-10-6-15(7-11-17)20(26)18-19(14-4-8-16(29-2)9-5-14)25(22(28)21(18)27)23-24-12-13-31-23/h4-13,19,26H,3H2,1-2H3/b20-18-. The molecule has 2 aromatic carbocycles. The molecular formula is C23H20N2O5S. The summed E-state index contributed by atoms with van der Waals surface area (Å²) in [5, 5.41) is 13.2. The van der Waals surface area contributed by atoms with Crippen molar-refractivity contribution in [2.24, 2.45) is 0 Å². The highest BCUT2D eigenvalue weighted by atomic mass is 32.1. The minimum absolute atomic E-state index is 0.00882. The molecule has 1 aliphatic rings. The molecule has 1 atom stereocenters. The van der Waals surface area contributed by atoms with E-state index in [-0.39, 0.29) is 11.3 Å². The fraction of sp³-hybridized carbons (Fsp3) is 0.174. The van der Waals surface area contributed by atoms with Crippen LogP contribution in [-0.2, 0) is 9.59 Å². The van der Waals surface area contributed by atoms with E-state index in [1.807, 2.05) is 6.92 Å². The number of rotatable bonds is 6. The summed E-state index contributed by atoms with van der Waals surface area (Å²) in [5.41, 5.74) is 1.08. The highest BCUT2D eigenvalue weighted by Gasteiger charge is 2.47. The van der Waals surface area contributed by atoms with Crippen molar-refractivity contribution in [3.8, 4) is 11.5 Å². The number of hydrogen-bond acceptors (Lipinski definition) is 7. The summed E-state index contributed by atoms with van der Waals surface area (Å²) < 4.78 is 10.7. The molecule has 2 heterocycles. The Labute approximate surface area is 183 Å². The first-order chi connectivity index (χ1) is 15.0. The molecule has 1 N–H and O–H groups in total. The van der Waals surface area contributed by atoms with Gasteiger partial charge in [-0.3, -0.25) is 14.5 Å². The topological polar surface area (TPSA) is 89.0 Å². The summed E-state index contributed by atoms with van der Waals surface area (Å²) in [6.07, 6.45) is 1.57. The van der Waals surface area contributed by atoms with Crippen LogP contribution in [0, 0.1) is 0 Å². The summed E-state index contributed by atoms with van der Waals surface area (Å²) in [6, 6.07) is 12.9. The van der Waals surface area contributed by atoms with Crippen molar-refractivity contribution < 1.29 is 24.2 Å². The summed E-state index contributed by atoms with van der Waals surface area (Å²) in [4.78, 5) is 31.5. The first kappa shape index (κ1) is 20.6. The summed E-state index contributed by atoms with van der Waals surface area (Å²) >= 11 is 1.25. The number of nitrogens with zero attached hydrogens (tertiary/aromatic N) is 2. The smallest absolute Gasteiger partial charge is 0.301 e. The zero-order chi connectivity index (χ0) is 22.0. The maximum Gasteiger partial charge on any atom is 0.301 e. The van der Waals surface area contributed by atoms with Crippen LogP contribution < -0.4 is 14.4 Å². The van der Waals surface area contributed by atoms with Gasteiger partial charge in [0.2, 0.25) is 0 Å². The number of hydrogen-bond donors (Lipinski definition) is 1. The van der Waals surface area contributed by atoms with Crippen molar-refractivity contribution in [1.82, 2.24) is 4.98 Å². The Hall–Kier alpha value is -3.65. The van der Waals surface area contributed by atoms with Crippen LogP contribution >= 0.6 is 11.3 Å². The first-order valence-corrected chi connectivity index (χ1v) is 10.5. The molecule has 1 saturated heterocycles. The van der Waals surface area contributed by atoms with Crippen molar-refractivity contribution in [3.63, 3.8) is 0 Å². The second kappa shape index (κ2) is 8.61. The SMILES string of the molecule is CCOc1ccc(/C(O)=C2/C(=O)C(=O)N(c3nccs3)C2c2ccc(OC)cc2)cc1. The molecule has 158 valence electrons. The van der Waals surface area contributed by atoms with Gasteiger partial charge in [0.1, 0.15) is 17.3 Å². The van der Waals surface area contributed by atoms with E-state index >= 15 is 0 Å². The molecule has 3 aromatic rings. The average Bonchev–Trinajstić information content (AvgIpc) is 3.41. The number of ether oxygens (including phenoxy) is 2. The molecule has 0 bridgehead atoms. The minimum Gasteiger partial charge on any atom is -0.507 e. The van der Waals surface area contributed by atoms with Crippen molar-refractivity contribution in [1.29, 1.82) is 0 Å². The van der Waals surface area contributed by atoms with Gasteiger partial charge in [0.05, 0.1) is 25.3 Å². The van der Waals surface area contributed by atoms with E-state index in [9.17, 15) is 14.7 Å². The molecule has 1 aliphatic heterocycles. The number of methoxy groups -OCH3 is 1. The van der Waals surface area contributed by atoms with Crippen LogP contribution in [0.15, 0.2) is 65.7 Å². The largest absolute Gasteiger partial charge is 0.507 e. The number of amides is 1. The lowest BCUT2D eigenvalue weighted by atomic mass is 9.95. The number of ketones is 1. The molecule has 31 heavy (non-hydrogen) atoms. The number of benzene rings is 2. The van der Waals surface area contributed by atoms with Crippen LogP contribution in [0.3, 0.4) is 0 Å². The first-order valence-electron chi connectivity index (χ1n) is 9.62. The van der Waals surface area contributed by atoms with Crippen LogP contribution in [0.4, 0.5) is 5.13 Å². The predicted molar refractivity (Wildman–Crippen MR) is 118 cm³/mol. The average molecular weight is 436 g/mol. The highest BCUT2D eigenvalue weighted by Crippen LogP contribution is 2.43. The normalized spacial score (nSPS) is 17.7. The number of aromatic nitrogens is 1. The highest BCUT2D eigenvalue weighted by molar-refractivity contribution is 7.14. The van der Waals surface area contributed by atoms with Gasteiger partial charge in [-0.25, -0.2) is 4.98 Å². The summed E-state index contributed by atoms with van der Waals surface area (Å²) in [5.74, 6) is -0.456. The van der Waals surface area contributed by atoms with Gasteiger partial charge in [-0.1, -0.05) is 12.1 Å². The van der Waals surface area contributed by atoms with E-state index in [0.29, 0.717) is 34.4 Å². The molecule has 4 rings (SSSR count). The van der Waals surface area contributed by atoms with E-state index < -0.39 is 17.7 Å². The second-order valence-corrected chi connectivity index (χ2v) is 7.59. The molecular weight excluding hydrogens is 416 g/mol. The third-order valence-electron chi connectivity index (χ3n) is 4.94. The van der Waals surface area contributed by atoms with Crippen LogP contribution in [0.2, 0.25) is 0 Å². The van der Waals surface area contributed by atoms with Crippen molar-refractivity contribution in [2.45, 2.75) is 13.0 Å². The van der Waals surface area contributed by atoms with Crippen LogP contribution in [0.1, 0.15) is 24.1 Å². The van der Waals surface area contributed by atoms with E-state index in [4.69, 9.17) is 9.47 Å². The van der Waals surface area contributed by atoms with Crippen molar-refractivity contribution in [2.75, 3.05) is 18.6 Å². The number of carbonyl (C=O) groups is 2. The van der Waals surface area contributed by atoms with Crippen LogP contribution in [-0.4, -0.2) is 35.5 Å². The maximum atomic E-state index is 13.0. The molecule has 0 aliphatic carbocycles. The molecule has 1 unspecified atom stereocenters. The molecule has 1 aromatic heterocycles. The number of anilines is 1. The molecule has 1 amide bonds. The Balaban J connectivity index is 1.85. The fourth-order valence-electron chi connectivity index (χ4n) is 3.50. The quantitative estimate of drug-likeness (QED) is 0.354. The Kier molecular flexibility index (Phi) is 5.73. The Morgan fingerprint density at radius 1 is 1.10 bits per heavy atom. The number of aliphatic hydroxyl groups is 1. The predicted octanol–water partition coefficient (Wildman–Crippen LogP) is 4.18. The van der Waals surface area contributed by atoms with Gasteiger partial charge < -0.3 is 14.6 Å². The Morgan fingerprint density at radius 2 is 1.77 bits per heavy atom. The van der Waals surface area contributed by atoms with E-state index in [1.165, 1.54) is 16.2 Å². The molecule has 8 heteroatoms. The summed E-state index contributed by atoms with van der Waals surface area (Å²) in [6.45, 7) is 2.39. The van der Waals surface area contributed by atoms with Gasteiger partial charge in [-0.2, -0.15) is 0 Å². The van der Waals surface area contributed by atoms with Gasteiger partial charge in [-0.05, 0) is 48.9 Å². The third kappa shape index (κ3) is 3.77. The van der Waals surface area contributed by atoms with Gasteiger partial charge in [0.15, 0.2) is 5.13 Å². The second-order valence-electron chi connectivity index (χ2n) is 6.71. The van der Waals surface area contributed by atoms with Crippen LogP contribution in [0.25, 0.3) is 5.76 Å². The van der Waals surface area contributed by atoms with E-state index in [1.54, 1.807) is 67.2 Å². The summed E-state index contributed by atoms with van der Waals surface area (Å²) in [7, 11) is 1.56. The maximum absolute atomic E-state index is 13.0. The monoisotopic (exact) mass is 436 g/mol. The Bertz CT molecular complexity index is 1120. The Morgan fingerprint density at radius 3 is 2.35 bits per heavy atom. The lowest BCUT2D eigenvalue weighted by Crippen LogP contribution is -2.29. The van der Waals surface area contributed by atoms with Crippen LogP contribution in [0.5, 0.6) is 11.5 Å². The van der Waals surface area contributed by atoms with E-state index in [0.717, 1.165) is 0 Å². The minimum atomic E-state index is -0.816. The van der Waals surface area contributed by atoms with Gasteiger partial charge in [0, 0.05) is 17.1 Å². The molecule has 1 fully saturated rings. The third-order valence-corrected chi connectivity index (χ3v) is 5.71. The van der Waals surface area contributed by atoms with E-state index in [2.05, 4.69) is 4.98 Å². The van der Waals surface area contributed by atoms with Crippen molar-refractivity contribution in [3.05, 3.63) is 76.8 Å². The van der Waals surface area contributed by atoms with Crippen molar-refractivity contribution >= 4 is 33.9 Å². The number of thiazole rings is 1. The molecule has 0 saturated carbocycles. The molecule has 0 radical (unpaired) electrons. The lowest BCUT2D eigenvalue weighted by molar-refractivity contribution is -0.132. The zero-order valence-corrected chi connectivity index (χ0v) is 17.8. The zero-order valence-electron chi connectivity index (χ0n) is 16.9. The van der Waals surface area contributed by atoms with Gasteiger partial charge in [0.25, 0.3) is 5.78 Å². The number of Topliss-reactive ketones (excluding diaryl/α,β-unsaturated/α-hetero) is 1. The number of aliphatic hydroxyl groups excluding tert-OH is 1. The molecule has 0 spiro atoms. The number of carbonyl (C=O) groups excluding carboxylic acids is 2. The van der Waals surface area contributed by atoms with Gasteiger partial charge in [-0.15, -0.1) is 11.3 Å². The van der Waals surface area contributed by atoms with Gasteiger partial charge >= 0.3 is 5.91 Å². The molecule has 7 nitrogen and oxygen atoms in total.